The van der Waals surface area contributed by atoms with Crippen LogP contribution in [0.3, 0.4) is 0 Å². The number of benzene rings is 1. The van der Waals surface area contributed by atoms with Crippen LogP contribution in [0.5, 0.6) is 0 Å². The van der Waals surface area contributed by atoms with Crippen LogP contribution >= 0.6 is 0 Å². The van der Waals surface area contributed by atoms with Crippen molar-refractivity contribution < 1.29 is 4.39 Å². The first-order chi connectivity index (χ1) is 10.8. The molecule has 1 saturated heterocycles. The van der Waals surface area contributed by atoms with Gasteiger partial charge in [0.15, 0.2) is 0 Å². The van der Waals surface area contributed by atoms with Crippen molar-refractivity contribution in [1.82, 2.24) is 4.90 Å². The Labute approximate surface area is 141 Å². The second kappa shape index (κ2) is 7.61. The zero-order valence-electron chi connectivity index (χ0n) is 15.4. The largest absolute Gasteiger partial charge is 0.297 e. The van der Waals surface area contributed by atoms with E-state index in [2.05, 4.69) is 69.9 Å². The summed E-state index contributed by atoms with van der Waals surface area (Å²) < 4.78 is 13.5. The summed E-state index contributed by atoms with van der Waals surface area (Å²) in [5.74, 6) is 0. The van der Waals surface area contributed by atoms with Crippen LogP contribution in [-0.4, -0.2) is 30.2 Å². The van der Waals surface area contributed by atoms with E-state index < -0.39 is 6.17 Å². The molecule has 1 aromatic rings. The molecule has 2 heteroatoms. The lowest BCUT2D eigenvalue weighted by molar-refractivity contribution is 0.115. The number of aryl methyl sites for hydroxylation is 1. The van der Waals surface area contributed by atoms with Crippen molar-refractivity contribution in [2.24, 2.45) is 0 Å². The van der Waals surface area contributed by atoms with Gasteiger partial charge in [0.05, 0.1) is 0 Å². The van der Waals surface area contributed by atoms with E-state index in [9.17, 15) is 4.39 Å². The van der Waals surface area contributed by atoms with Crippen LogP contribution in [0.1, 0.15) is 58.1 Å². The Hall–Kier alpha value is -1.15. The molecular formula is C21H32FN. The summed E-state index contributed by atoms with van der Waals surface area (Å²) in [5.41, 5.74) is 4.14. The highest BCUT2D eigenvalue weighted by molar-refractivity contribution is 5.28. The lowest BCUT2D eigenvalue weighted by Gasteiger charge is -2.39. The van der Waals surface area contributed by atoms with Gasteiger partial charge in [0.1, 0.15) is 6.17 Å². The van der Waals surface area contributed by atoms with Crippen molar-refractivity contribution in [3.63, 3.8) is 0 Å². The Kier molecular flexibility index (Phi) is 6.02. The average molecular weight is 317 g/mol. The van der Waals surface area contributed by atoms with Gasteiger partial charge >= 0.3 is 0 Å². The molecule has 0 bridgehead atoms. The number of halogens is 1. The first-order valence-corrected chi connectivity index (χ1v) is 8.88. The number of allylic oxidation sites excluding steroid dienone is 1. The Balaban J connectivity index is 2.16. The van der Waals surface area contributed by atoms with E-state index >= 15 is 0 Å². The van der Waals surface area contributed by atoms with Crippen molar-refractivity contribution in [2.45, 2.75) is 71.5 Å². The minimum Gasteiger partial charge on any atom is -0.297 e. The number of alkyl halides is 1. The molecule has 1 nitrogen and oxygen atoms in total. The van der Waals surface area contributed by atoms with Crippen LogP contribution in [0, 0.1) is 6.92 Å². The molecule has 2 rings (SSSR count). The third kappa shape index (κ3) is 5.17. The summed E-state index contributed by atoms with van der Waals surface area (Å²) in [7, 11) is 0. The van der Waals surface area contributed by atoms with Gasteiger partial charge in [-0.1, -0.05) is 55.3 Å². The maximum absolute atomic E-state index is 13.5. The molecule has 1 atom stereocenters. The Morgan fingerprint density at radius 1 is 1.22 bits per heavy atom. The number of likely N-dealkylation sites (tertiary alicyclic amines) is 1. The molecule has 1 fully saturated rings. The van der Waals surface area contributed by atoms with Crippen molar-refractivity contribution >= 4 is 0 Å². The molecule has 0 aliphatic carbocycles. The molecule has 0 aromatic heterocycles. The number of rotatable bonds is 5. The Morgan fingerprint density at radius 3 is 2.30 bits per heavy atom. The second-order valence-electron chi connectivity index (χ2n) is 7.98. The molecule has 0 saturated carbocycles. The van der Waals surface area contributed by atoms with Gasteiger partial charge in [0.25, 0.3) is 0 Å². The number of piperidine rings is 1. The number of hydrogen-bond acceptors (Lipinski definition) is 1. The molecule has 0 radical (unpaired) electrons. The SMILES string of the molecule is CC(C)=CC(CC(C)(C)c1ccc(C)cc1)N1CCC(F)CC1. The third-order valence-electron chi connectivity index (χ3n) is 5.01. The first-order valence-electron chi connectivity index (χ1n) is 8.88. The van der Waals surface area contributed by atoms with Crippen molar-refractivity contribution in [3.8, 4) is 0 Å². The van der Waals surface area contributed by atoms with Gasteiger partial charge in [-0.05, 0) is 51.0 Å². The summed E-state index contributed by atoms with van der Waals surface area (Å²) in [6, 6.07) is 9.29. The van der Waals surface area contributed by atoms with E-state index in [4.69, 9.17) is 0 Å². The summed E-state index contributed by atoms with van der Waals surface area (Å²) >= 11 is 0. The lowest BCUT2D eigenvalue weighted by Crippen LogP contribution is -2.43. The van der Waals surface area contributed by atoms with E-state index in [1.54, 1.807) is 0 Å². The van der Waals surface area contributed by atoms with Gasteiger partial charge in [0, 0.05) is 19.1 Å². The standard InChI is InChI=1S/C21H32FN/c1-16(2)14-20(23-12-10-19(22)11-13-23)15-21(4,5)18-8-6-17(3)7-9-18/h6-9,14,19-20H,10-13,15H2,1-5H3. The first kappa shape index (κ1) is 18.2. The topological polar surface area (TPSA) is 3.24 Å². The molecule has 1 aliphatic heterocycles. The molecule has 1 aromatic carbocycles. The van der Waals surface area contributed by atoms with E-state index in [0.29, 0.717) is 18.9 Å². The molecule has 128 valence electrons. The summed E-state index contributed by atoms with van der Waals surface area (Å²) in [6.45, 7) is 12.8. The van der Waals surface area contributed by atoms with Gasteiger partial charge in [-0.2, -0.15) is 0 Å². The van der Waals surface area contributed by atoms with Crippen LogP contribution in [0.2, 0.25) is 0 Å². The van der Waals surface area contributed by atoms with Crippen molar-refractivity contribution in [2.75, 3.05) is 13.1 Å². The summed E-state index contributed by atoms with van der Waals surface area (Å²) in [4.78, 5) is 2.47. The number of nitrogens with zero attached hydrogens (tertiary/aromatic N) is 1. The predicted molar refractivity (Wildman–Crippen MR) is 97.7 cm³/mol. The van der Waals surface area contributed by atoms with Crippen LogP contribution in [0.15, 0.2) is 35.9 Å². The third-order valence-corrected chi connectivity index (χ3v) is 5.01. The minimum absolute atomic E-state index is 0.108. The van der Waals surface area contributed by atoms with Gasteiger partial charge in [-0.15, -0.1) is 0 Å². The quantitative estimate of drug-likeness (QED) is 0.654. The highest BCUT2D eigenvalue weighted by atomic mass is 19.1. The van der Waals surface area contributed by atoms with E-state index in [1.807, 2.05) is 0 Å². The van der Waals surface area contributed by atoms with E-state index in [1.165, 1.54) is 16.7 Å². The maximum Gasteiger partial charge on any atom is 0.103 e. The smallest absolute Gasteiger partial charge is 0.103 e. The average Bonchev–Trinajstić information content (AvgIpc) is 2.47. The highest BCUT2D eigenvalue weighted by Gasteiger charge is 2.30. The molecule has 0 N–H and O–H groups in total. The Bertz CT molecular complexity index is 517. The van der Waals surface area contributed by atoms with E-state index in [-0.39, 0.29) is 5.41 Å². The monoisotopic (exact) mass is 317 g/mol. The van der Waals surface area contributed by atoms with Gasteiger partial charge in [-0.25, -0.2) is 4.39 Å². The highest BCUT2D eigenvalue weighted by Crippen LogP contribution is 2.32. The van der Waals surface area contributed by atoms with Crippen LogP contribution in [0.25, 0.3) is 0 Å². The molecule has 1 heterocycles. The fraction of sp³-hybridized carbons (Fsp3) is 0.619. The lowest BCUT2D eigenvalue weighted by atomic mass is 9.78. The Morgan fingerprint density at radius 2 is 1.78 bits per heavy atom. The minimum atomic E-state index is -0.608. The molecule has 0 amide bonds. The van der Waals surface area contributed by atoms with Crippen LogP contribution in [0.4, 0.5) is 4.39 Å². The fourth-order valence-corrected chi connectivity index (χ4v) is 3.52. The molecule has 1 unspecified atom stereocenters. The number of hydrogen-bond donors (Lipinski definition) is 0. The van der Waals surface area contributed by atoms with E-state index in [0.717, 1.165) is 19.5 Å². The summed E-state index contributed by atoms with van der Waals surface area (Å²) in [5, 5.41) is 0. The molecule has 1 aliphatic rings. The van der Waals surface area contributed by atoms with Crippen molar-refractivity contribution in [3.05, 3.63) is 47.0 Å². The molecule has 23 heavy (non-hydrogen) atoms. The second-order valence-corrected chi connectivity index (χ2v) is 7.98. The zero-order valence-corrected chi connectivity index (χ0v) is 15.4. The zero-order chi connectivity index (χ0) is 17.0. The van der Waals surface area contributed by atoms with Crippen molar-refractivity contribution in [1.29, 1.82) is 0 Å². The normalized spacial score (nSPS) is 18.7. The van der Waals surface area contributed by atoms with Gasteiger partial charge in [-0.3, -0.25) is 4.90 Å². The van der Waals surface area contributed by atoms with Gasteiger partial charge in [0.2, 0.25) is 0 Å². The summed E-state index contributed by atoms with van der Waals surface area (Å²) in [6.07, 6.45) is 4.19. The van der Waals surface area contributed by atoms with Crippen LogP contribution in [-0.2, 0) is 5.41 Å². The molecular weight excluding hydrogens is 285 g/mol. The molecule has 0 spiro atoms. The van der Waals surface area contributed by atoms with Crippen LogP contribution < -0.4 is 0 Å². The predicted octanol–water partition coefficient (Wildman–Crippen LogP) is 5.43. The fourth-order valence-electron chi connectivity index (χ4n) is 3.52. The maximum atomic E-state index is 13.5. The van der Waals surface area contributed by atoms with Gasteiger partial charge < -0.3 is 0 Å².